The number of halogens is 1. The molecular formula is C32H41FN2O3S. The average molecular weight is 553 g/mol. The molecule has 0 amide bonds. The summed E-state index contributed by atoms with van der Waals surface area (Å²) < 4.78 is 45.2. The first kappa shape index (κ1) is 29.2. The molecule has 3 aromatic rings. The molecule has 0 aliphatic heterocycles. The maximum atomic E-state index is 14.9. The van der Waals surface area contributed by atoms with Crippen molar-refractivity contribution in [2.75, 3.05) is 12.0 Å². The molecule has 0 radical (unpaired) electrons. The molecule has 1 fully saturated rings. The fourth-order valence-electron chi connectivity index (χ4n) is 5.37. The molecule has 0 bridgehead atoms. The molecular weight excluding hydrogens is 511 g/mol. The summed E-state index contributed by atoms with van der Waals surface area (Å²) in [5.41, 5.74) is 5.25. The lowest BCUT2D eigenvalue weighted by molar-refractivity contribution is 0.166. The number of ether oxygens (including phenoxy) is 1. The van der Waals surface area contributed by atoms with Crippen molar-refractivity contribution in [1.82, 2.24) is 9.88 Å². The second-order valence-electron chi connectivity index (χ2n) is 11.6. The molecule has 4 rings (SSSR count). The lowest BCUT2D eigenvalue weighted by atomic mass is 9.96. The van der Waals surface area contributed by atoms with E-state index >= 15 is 0 Å². The van der Waals surface area contributed by atoms with E-state index in [-0.39, 0.29) is 17.5 Å². The molecule has 5 nitrogen and oxygen atoms in total. The van der Waals surface area contributed by atoms with Crippen molar-refractivity contribution in [3.63, 3.8) is 0 Å². The van der Waals surface area contributed by atoms with Crippen molar-refractivity contribution in [1.29, 1.82) is 0 Å². The molecule has 39 heavy (non-hydrogen) atoms. The van der Waals surface area contributed by atoms with Crippen molar-refractivity contribution in [3.8, 4) is 16.9 Å². The van der Waals surface area contributed by atoms with Gasteiger partial charge >= 0.3 is 0 Å². The summed E-state index contributed by atoms with van der Waals surface area (Å²) in [5, 5.41) is 0. The Hall–Kier alpha value is -2.77. The number of aromatic nitrogens is 1. The van der Waals surface area contributed by atoms with Gasteiger partial charge in [-0.25, -0.2) is 12.8 Å². The minimum atomic E-state index is -3.08. The third kappa shape index (κ3) is 7.89. The number of pyridine rings is 1. The van der Waals surface area contributed by atoms with Crippen LogP contribution in [-0.2, 0) is 23.0 Å². The van der Waals surface area contributed by atoms with Gasteiger partial charge in [0.1, 0.15) is 28.0 Å². The molecule has 0 N–H and O–H groups in total. The van der Waals surface area contributed by atoms with Crippen LogP contribution < -0.4 is 4.74 Å². The molecule has 7 heteroatoms. The summed E-state index contributed by atoms with van der Waals surface area (Å²) >= 11 is 0. The number of aryl methyl sites for hydroxylation is 1. The largest absolute Gasteiger partial charge is 0.489 e. The molecule has 210 valence electrons. The number of hydrogen-bond acceptors (Lipinski definition) is 5. The van der Waals surface area contributed by atoms with Gasteiger partial charge in [0.2, 0.25) is 0 Å². The van der Waals surface area contributed by atoms with Crippen LogP contribution in [0.1, 0.15) is 68.8 Å². The summed E-state index contributed by atoms with van der Waals surface area (Å²) in [5.74, 6) is 0.985. The average Bonchev–Trinajstić information content (AvgIpc) is 3.71. The monoisotopic (exact) mass is 552 g/mol. The molecule has 1 heterocycles. The van der Waals surface area contributed by atoms with Gasteiger partial charge in [-0.15, -0.1) is 0 Å². The van der Waals surface area contributed by atoms with Gasteiger partial charge < -0.3 is 4.74 Å². The highest BCUT2D eigenvalue weighted by Gasteiger charge is 2.34. The first-order valence-electron chi connectivity index (χ1n) is 13.8. The third-order valence-electron chi connectivity index (χ3n) is 7.50. The second-order valence-corrected chi connectivity index (χ2v) is 13.7. The highest BCUT2D eigenvalue weighted by Crippen LogP contribution is 2.44. The van der Waals surface area contributed by atoms with Crippen molar-refractivity contribution in [2.45, 2.75) is 78.6 Å². The van der Waals surface area contributed by atoms with E-state index in [2.05, 4.69) is 43.6 Å². The number of sulfone groups is 1. The molecule has 0 saturated heterocycles. The number of benzene rings is 2. The molecule has 1 saturated carbocycles. The van der Waals surface area contributed by atoms with Crippen LogP contribution in [0.25, 0.3) is 11.1 Å². The van der Waals surface area contributed by atoms with Gasteiger partial charge in [-0.2, -0.15) is 0 Å². The first-order valence-corrected chi connectivity index (χ1v) is 15.9. The fraction of sp³-hybridized carbons (Fsp3) is 0.469. The number of hydrogen-bond donors (Lipinski definition) is 0. The zero-order chi connectivity index (χ0) is 28.3. The van der Waals surface area contributed by atoms with Crippen LogP contribution in [0.3, 0.4) is 0 Å². The molecule has 1 aliphatic carbocycles. The standard InChI is InChI=1S/C32H41FN2O3S/c1-21(2)35(22(3)4)18-27-15-24(10-13-29(27)30-14-23(5)34-17-32(30)33)19-38-28-9-7-8-26(16-28)31(25-11-12-25)20-39(6,36)37/h7-10,13-17,21-22,25,31H,11-12,18-20H2,1-6H3/t31-/m1/s1. The zero-order valence-corrected chi connectivity index (χ0v) is 24.8. The quantitative estimate of drug-likeness (QED) is 0.244. The van der Waals surface area contributed by atoms with Crippen LogP contribution in [0.5, 0.6) is 5.75 Å². The summed E-state index contributed by atoms with van der Waals surface area (Å²) in [7, 11) is -3.08. The molecule has 2 aromatic carbocycles. The van der Waals surface area contributed by atoms with Crippen LogP contribution in [0.4, 0.5) is 4.39 Å². The van der Waals surface area contributed by atoms with Gasteiger partial charge in [-0.3, -0.25) is 9.88 Å². The van der Waals surface area contributed by atoms with E-state index < -0.39 is 9.84 Å². The van der Waals surface area contributed by atoms with Crippen LogP contribution >= 0.6 is 0 Å². The van der Waals surface area contributed by atoms with Gasteiger partial charge in [-0.1, -0.05) is 30.3 Å². The summed E-state index contributed by atoms with van der Waals surface area (Å²) in [6.07, 6.45) is 4.74. The Morgan fingerprint density at radius 3 is 2.38 bits per heavy atom. The Morgan fingerprint density at radius 2 is 1.74 bits per heavy atom. The molecule has 1 aliphatic rings. The maximum Gasteiger partial charge on any atom is 0.149 e. The van der Waals surface area contributed by atoms with Crippen molar-refractivity contribution < 1.29 is 17.5 Å². The van der Waals surface area contributed by atoms with Gasteiger partial charge in [0.05, 0.1) is 11.9 Å². The third-order valence-corrected chi connectivity index (χ3v) is 8.46. The van der Waals surface area contributed by atoms with Crippen LogP contribution in [-0.4, -0.2) is 42.4 Å². The van der Waals surface area contributed by atoms with Crippen molar-refractivity contribution >= 4 is 9.84 Å². The zero-order valence-electron chi connectivity index (χ0n) is 23.9. The van der Waals surface area contributed by atoms with E-state index in [1.54, 1.807) is 6.07 Å². The molecule has 0 unspecified atom stereocenters. The minimum absolute atomic E-state index is 0.00574. The molecule has 0 spiro atoms. The van der Waals surface area contributed by atoms with E-state index in [1.807, 2.05) is 43.3 Å². The molecule has 1 atom stereocenters. The van der Waals surface area contributed by atoms with E-state index in [0.717, 1.165) is 46.5 Å². The van der Waals surface area contributed by atoms with Gasteiger partial charge in [0, 0.05) is 42.1 Å². The minimum Gasteiger partial charge on any atom is -0.489 e. The van der Waals surface area contributed by atoms with E-state index in [0.29, 0.717) is 36.7 Å². The maximum absolute atomic E-state index is 14.9. The summed E-state index contributed by atoms with van der Waals surface area (Å²) in [4.78, 5) is 6.49. The second kappa shape index (κ2) is 12.2. The van der Waals surface area contributed by atoms with E-state index in [1.165, 1.54) is 12.5 Å². The fourth-order valence-corrected chi connectivity index (χ4v) is 6.49. The van der Waals surface area contributed by atoms with Crippen LogP contribution in [0.15, 0.2) is 54.7 Å². The normalized spacial score (nSPS) is 14.8. The lowest BCUT2D eigenvalue weighted by Crippen LogP contribution is -2.36. The number of rotatable bonds is 12. The predicted molar refractivity (Wildman–Crippen MR) is 156 cm³/mol. The van der Waals surface area contributed by atoms with Gasteiger partial charge in [0.25, 0.3) is 0 Å². The predicted octanol–water partition coefficient (Wildman–Crippen LogP) is 6.93. The Labute approximate surface area is 233 Å². The van der Waals surface area contributed by atoms with Crippen molar-refractivity contribution in [2.24, 2.45) is 5.92 Å². The summed E-state index contributed by atoms with van der Waals surface area (Å²) in [6.45, 7) is 11.6. The van der Waals surface area contributed by atoms with Gasteiger partial charge in [-0.05, 0) is 93.8 Å². The van der Waals surface area contributed by atoms with Crippen LogP contribution in [0, 0.1) is 18.7 Å². The van der Waals surface area contributed by atoms with Crippen LogP contribution in [0.2, 0.25) is 0 Å². The Kier molecular flexibility index (Phi) is 9.12. The smallest absolute Gasteiger partial charge is 0.149 e. The van der Waals surface area contributed by atoms with E-state index in [9.17, 15) is 12.8 Å². The Morgan fingerprint density at radius 1 is 1.03 bits per heavy atom. The van der Waals surface area contributed by atoms with Gasteiger partial charge in [0.15, 0.2) is 0 Å². The Balaban J connectivity index is 1.60. The number of nitrogens with zero attached hydrogens (tertiary/aromatic N) is 2. The lowest BCUT2D eigenvalue weighted by Gasteiger charge is -2.31. The summed E-state index contributed by atoms with van der Waals surface area (Å²) in [6, 6.07) is 16.4. The highest BCUT2D eigenvalue weighted by molar-refractivity contribution is 7.90. The van der Waals surface area contributed by atoms with E-state index in [4.69, 9.17) is 4.74 Å². The SMILES string of the molecule is Cc1cc(-c2ccc(COc3cccc([C@H](CS(C)(=O)=O)C4CC4)c3)cc2CN(C(C)C)C(C)C)c(F)cn1. The molecule has 1 aromatic heterocycles. The highest BCUT2D eigenvalue weighted by atomic mass is 32.2. The Bertz CT molecular complexity index is 1390. The topological polar surface area (TPSA) is 59.5 Å². The first-order chi connectivity index (χ1) is 18.4. The van der Waals surface area contributed by atoms with Crippen molar-refractivity contribution in [3.05, 3.63) is 82.9 Å².